The van der Waals surface area contributed by atoms with Crippen LogP contribution >= 0.6 is 0 Å². The zero-order chi connectivity index (χ0) is 16.2. The van der Waals surface area contributed by atoms with E-state index >= 15 is 0 Å². The molecular formula is C14H22N4O3S. The lowest BCUT2D eigenvalue weighted by molar-refractivity contribution is 0.0786. The summed E-state index contributed by atoms with van der Waals surface area (Å²) in [7, 11) is -1.18. The van der Waals surface area contributed by atoms with Gasteiger partial charge in [0.05, 0.1) is 11.5 Å². The molecule has 2 heterocycles. The second-order valence-electron chi connectivity index (χ2n) is 5.63. The third kappa shape index (κ3) is 4.40. The lowest BCUT2D eigenvalue weighted by Gasteiger charge is -2.16. The number of carbonyl (C=O) groups excluding carboxylic acids is 1. The lowest BCUT2D eigenvalue weighted by atomic mass is 10.2. The summed E-state index contributed by atoms with van der Waals surface area (Å²) in [5.74, 6) is 0.664. The molecule has 0 radical (unpaired) electrons. The number of unbranched alkanes of at least 4 members (excludes halogenated alkanes) is 1. The second-order valence-corrected chi connectivity index (χ2v) is 7.86. The fourth-order valence-corrected chi connectivity index (χ4v) is 4.01. The number of sulfone groups is 1. The van der Waals surface area contributed by atoms with Gasteiger partial charge in [0.1, 0.15) is 5.82 Å². The first-order chi connectivity index (χ1) is 10.4. The van der Waals surface area contributed by atoms with Crippen molar-refractivity contribution in [1.82, 2.24) is 15.1 Å². The van der Waals surface area contributed by atoms with Crippen molar-refractivity contribution in [1.29, 1.82) is 0 Å². The Morgan fingerprint density at radius 2 is 2.18 bits per heavy atom. The first kappa shape index (κ1) is 16.7. The van der Waals surface area contributed by atoms with Crippen molar-refractivity contribution in [3.63, 3.8) is 0 Å². The molecule has 1 aromatic rings. The smallest absolute Gasteiger partial charge is 0.274 e. The highest BCUT2D eigenvalue weighted by Crippen LogP contribution is 2.16. The Bertz CT molecular complexity index is 615. The van der Waals surface area contributed by atoms with Crippen LogP contribution in [0.15, 0.2) is 12.1 Å². The summed E-state index contributed by atoms with van der Waals surface area (Å²) in [5.41, 5.74) is 0.295. The number of aromatic nitrogens is 2. The van der Waals surface area contributed by atoms with E-state index in [-0.39, 0.29) is 23.5 Å². The van der Waals surface area contributed by atoms with Gasteiger partial charge in [0.15, 0.2) is 15.5 Å². The zero-order valence-electron chi connectivity index (χ0n) is 12.9. The standard InChI is InChI=1S/C14H22N4O3S/c1-3-4-8-18(2)14(19)12-5-6-13(17-16-12)15-11-7-9-22(20,21)10-11/h5-6,11H,3-4,7-10H2,1-2H3,(H,15,17). The Balaban J connectivity index is 1.94. The van der Waals surface area contributed by atoms with E-state index < -0.39 is 9.84 Å². The van der Waals surface area contributed by atoms with E-state index in [0.29, 0.717) is 24.5 Å². The molecule has 1 aromatic heterocycles. The summed E-state index contributed by atoms with van der Waals surface area (Å²) < 4.78 is 22.8. The number of nitrogens with zero attached hydrogens (tertiary/aromatic N) is 3. The van der Waals surface area contributed by atoms with E-state index in [9.17, 15) is 13.2 Å². The Hall–Kier alpha value is -1.70. The Labute approximate surface area is 131 Å². The SMILES string of the molecule is CCCCN(C)C(=O)c1ccc(NC2CCS(=O)(=O)C2)nn1. The van der Waals surface area contributed by atoms with Gasteiger partial charge in [-0.3, -0.25) is 4.79 Å². The Morgan fingerprint density at radius 3 is 2.73 bits per heavy atom. The van der Waals surface area contributed by atoms with E-state index in [1.807, 2.05) is 0 Å². The molecule has 1 N–H and O–H groups in total. The van der Waals surface area contributed by atoms with Gasteiger partial charge in [-0.25, -0.2) is 8.42 Å². The van der Waals surface area contributed by atoms with Crippen LogP contribution < -0.4 is 5.32 Å². The first-order valence-corrected chi connectivity index (χ1v) is 9.29. The topological polar surface area (TPSA) is 92.3 Å². The summed E-state index contributed by atoms with van der Waals surface area (Å²) in [6.45, 7) is 2.76. The highest BCUT2D eigenvalue weighted by molar-refractivity contribution is 7.91. The lowest BCUT2D eigenvalue weighted by Crippen LogP contribution is -2.29. The number of anilines is 1. The highest BCUT2D eigenvalue weighted by Gasteiger charge is 2.28. The van der Waals surface area contributed by atoms with Crippen molar-refractivity contribution >= 4 is 21.6 Å². The van der Waals surface area contributed by atoms with Crippen molar-refractivity contribution in [3.05, 3.63) is 17.8 Å². The predicted molar refractivity (Wildman–Crippen MR) is 84.6 cm³/mol. The van der Waals surface area contributed by atoms with E-state index in [1.165, 1.54) is 0 Å². The van der Waals surface area contributed by atoms with Crippen molar-refractivity contribution in [2.45, 2.75) is 32.2 Å². The molecule has 1 amide bonds. The molecule has 1 saturated heterocycles. The number of hydrogen-bond acceptors (Lipinski definition) is 6. The minimum absolute atomic E-state index is 0.120. The monoisotopic (exact) mass is 326 g/mol. The molecule has 1 unspecified atom stereocenters. The molecule has 22 heavy (non-hydrogen) atoms. The maximum Gasteiger partial charge on any atom is 0.274 e. The fraction of sp³-hybridized carbons (Fsp3) is 0.643. The molecule has 0 aromatic carbocycles. The predicted octanol–water partition coefficient (Wildman–Crippen LogP) is 0.948. The van der Waals surface area contributed by atoms with Crippen LogP contribution in [0.25, 0.3) is 0 Å². The summed E-state index contributed by atoms with van der Waals surface area (Å²) in [5, 5.41) is 11.0. The Morgan fingerprint density at radius 1 is 1.41 bits per heavy atom. The molecule has 1 aliphatic heterocycles. The third-order valence-electron chi connectivity index (χ3n) is 3.66. The van der Waals surface area contributed by atoms with E-state index in [4.69, 9.17) is 0 Å². The molecule has 2 rings (SSSR count). The van der Waals surface area contributed by atoms with Crippen molar-refractivity contribution in [2.75, 3.05) is 30.4 Å². The summed E-state index contributed by atoms with van der Waals surface area (Å²) >= 11 is 0. The van der Waals surface area contributed by atoms with Crippen LogP contribution in [0.1, 0.15) is 36.7 Å². The largest absolute Gasteiger partial charge is 0.365 e. The maximum atomic E-state index is 12.1. The van der Waals surface area contributed by atoms with Crippen molar-refractivity contribution in [3.8, 4) is 0 Å². The van der Waals surface area contributed by atoms with Crippen molar-refractivity contribution in [2.24, 2.45) is 0 Å². The normalized spacial score (nSPS) is 19.8. The van der Waals surface area contributed by atoms with Gasteiger partial charge < -0.3 is 10.2 Å². The average Bonchev–Trinajstić information content (AvgIpc) is 2.83. The molecule has 0 bridgehead atoms. The van der Waals surface area contributed by atoms with Gasteiger partial charge in [-0.1, -0.05) is 13.3 Å². The van der Waals surface area contributed by atoms with Crippen LogP contribution in [0.4, 0.5) is 5.82 Å². The van der Waals surface area contributed by atoms with E-state index in [0.717, 1.165) is 12.8 Å². The van der Waals surface area contributed by atoms with Crippen LogP contribution in [0.2, 0.25) is 0 Å². The molecule has 1 fully saturated rings. The van der Waals surface area contributed by atoms with Gasteiger partial charge in [0, 0.05) is 19.6 Å². The van der Waals surface area contributed by atoms with Gasteiger partial charge in [0.25, 0.3) is 5.91 Å². The highest BCUT2D eigenvalue weighted by atomic mass is 32.2. The maximum absolute atomic E-state index is 12.1. The number of hydrogen-bond donors (Lipinski definition) is 1. The van der Waals surface area contributed by atoms with Crippen LogP contribution in [0, 0.1) is 0 Å². The van der Waals surface area contributed by atoms with E-state index in [1.54, 1.807) is 24.1 Å². The molecule has 0 spiro atoms. The quantitative estimate of drug-likeness (QED) is 0.836. The van der Waals surface area contributed by atoms with Gasteiger partial charge in [0.2, 0.25) is 0 Å². The Kier molecular flexibility index (Phi) is 5.33. The van der Waals surface area contributed by atoms with Crippen LogP contribution in [0.3, 0.4) is 0 Å². The minimum atomic E-state index is -2.93. The number of amides is 1. The molecule has 122 valence electrons. The van der Waals surface area contributed by atoms with Crippen molar-refractivity contribution < 1.29 is 13.2 Å². The van der Waals surface area contributed by atoms with Gasteiger partial charge >= 0.3 is 0 Å². The minimum Gasteiger partial charge on any atom is -0.365 e. The van der Waals surface area contributed by atoms with Crippen LogP contribution in [0.5, 0.6) is 0 Å². The number of carbonyl (C=O) groups is 1. The van der Waals surface area contributed by atoms with Crippen LogP contribution in [-0.2, 0) is 9.84 Å². The van der Waals surface area contributed by atoms with Gasteiger partial charge in [-0.2, -0.15) is 0 Å². The van der Waals surface area contributed by atoms with Gasteiger partial charge in [-0.15, -0.1) is 10.2 Å². The molecule has 1 atom stereocenters. The number of rotatable bonds is 6. The molecule has 0 saturated carbocycles. The summed E-state index contributed by atoms with van der Waals surface area (Å²) in [6.07, 6.45) is 2.55. The number of nitrogens with one attached hydrogen (secondary N) is 1. The van der Waals surface area contributed by atoms with Crippen LogP contribution in [-0.4, -0.2) is 60.6 Å². The van der Waals surface area contributed by atoms with E-state index in [2.05, 4.69) is 22.4 Å². The average molecular weight is 326 g/mol. The fourth-order valence-electron chi connectivity index (χ4n) is 2.33. The molecule has 7 nitrogen and oxygen atoms in total. The van der Waals surface area contributed by atoms with Gasteiger partial charge in [-0.05, 0) is 25.0 Å². The summed E-state index contributed by atoms with van der Waals surface area (Å²) in [4.78, 5) is 13.7. The molecule has 8 heteroatoms. The molecule has 1 aliphatic rings. The second kappa shape index (κ2) is 7.04. The zero-order valence-corrected chi connectivity index (χ0v) is 13.8. The first-order valence-electron chi connectivity index (χ1n) is 7.47. The molecule has 0 aliphatic carbocycles. The molecular weight excluding hydrogens is 304 g/mol. The summed E-state index contributed by atoms with van der Waals surface area (Å²) in [6, 6.07) is 3.15. The third-order valence-corrected chi connectivity index (χ3v) is 5.43.